The van der Waals surface area contributed by atoms with Gasteiger partial charge in [0.2, 0.25) is 10.0 Å². The molecule has 0 aliphatic rings. The van der Waals surface area contributed by atoms with Crippen molar-refractivity contribution in [2.45, 2.75) is 32.1 Å². The molecule has 0 heterocycles. The molecule has 2 unspecified atom stereocenters. The molecular formula is C9H22N2O2S2. The Bertz CT molecular complexity index is 255. The highest BCUT2D eigenvalue weighted by atomic mass is 32.2. The number of hydrogen-bond acceptors (Lipinski definition) is 4. The fourth-order valence-electron chi connectivity index (χ4n) is 1.12. The minimum absolute atomic E-state index is 0.000689. The van der Waals surface area contributed by atoms with Crippen LogP contribution in [0.1, 0.15) is 20.8 Å². The Hall–Kier alpha value is 0.220. The Morgan fingerprint density at radius 1 is 1.33 bits per heavy atom. The Morgan fingerprint density at radius 2 is 1.93 bits per heavy atom. The van der Waals surface area contributed by atoms with Gasteiger partial charge in [-0.05, 0) is 26.6 Å². The third kappa shape index (κ3) is 6.40. The van der Waals surface area contributed by atoms with Gasteiger partial charge >= 0.3 is 0 Å². The zero-order valence-corrected chi connectivity index (χ0v) is 11.5. The summed E-state index contributed by atoms with van der Waals surface area (Å²) in [5.74, 6) is 1.83. The maximum Gasteiger partial charge on any atom is 0.215 e. The van der Waals surface area contributed by atoms with Crippen molar-refractivity contribution in [3.8, 4) is 0 Å². The molecule has 0 aromatic carbocycles. The van der Waals surface area contributed by atoms with Gasteiger partial charge in [0.1, 0.15) is 0 Å². The average Bonchev–Trinajstić information content (AvgIpc) is 2.14. The van der Waals surface area contributed by atoms with Gasteiger partial charge in [-0.25, -0.2) is 13.1 Å². The van der Waals surface area contributed by atoms with Crippen molar-refractivity contribution in [2.75, 3.05) is 25.1 Å². The minimum atomic E-state index is -3.18. The second-order valence-corrected chi connectivity index (χ2v) is 7.04. The lowest BCUT2D eigenvalue weighted by Crippen LogP contribution is -2.43. The molecule has 0 aliphatic carbocycles. The predicted octanol–water partition coefficient (Wildman–Crippen LogP) is 0.655. The summed E-state index contributed by atoms with van der Waals surface area (Å²) in [6.45, 7) is 6.14. The molecule has 0 saturated carbocycles. The summed E-state index contributed by atoms with van der Waals surface area (Å²) in [6.07, 6.45) is 0. The summed E-state index contributed by atoms with van der Waals surface area (Å²) >= 11 is 1.74. The number of sulfonamides is 1. The van der Waals surface area contributed by atoms with E-state index in [2.05, 4.69) is 17.0 Å². The second kappa shape index (κ2) is 7.49. The van der Waals surface area contributed by atoms with E-state index >= 15 is 0 Å². The molecule has 0 aromatic rings. The Labute approximate surface area is 97.6 Å². The van der Waals surface area contributed by atoms with Gasteiger partial charge in [0.05, 0.1) is 5.25 Å². The highest BCUT2D eigenvalue weighted by Crippen LogP contribution is 2.04. The molecule has 6 heteroatoms. The van der Waals surface area contributed by atoms with Crippen molar-refractivity contribution in [3.05, 3.63) is 0 Å². The van der Waals surface area contributed by atoms with Crippen LogP contribution in [0.5, 0.6) is 0 Å². The van der Waals surface area contributed by atoms with Crippen LogP contribution in [0.25, 0.3) is 0 Å². The summed E-state index contributed by atoms with van der Waals surface area (Å²) in [7, 11) is -1.43. The zero-order valence-electron chi connectivity index (χ0n) is 9.91. The lowest BCUT2D eigenvalue weighted by atomic mass is 10.4. The van der Waals surface area contributed by atoms with Crippen molar-refractivity contribution < 1.29 is 8.42 Å². The first-order chi connectivity index (χ1) is 6.94. The van der Waals surface area contributed by atoms with Crippen LogP contribution in [0.15, 0.2) is 0 Å². The molecule has 4 nitrogen and oxygen atoms in total. The molecule has 0 fully saturated rings. The van der Waals surface area contributed by atoms with Gasteiger partial charge in [-0.3, -0.25) is 0 Å². The van der Waals surface area contributed by atoms with Crippen LogP contribution in [0.4, 0.5) is 0 Å². The minimum Gasteiger partial charge on any atom is -0.318 e. The van der Waals surface area contributed by atoms with Crippen molar-refractivity contribution in [2.24, 2.45) is 0 Å². The fraction of sp³-hybridized carbons (Fsp3) is 1.00. The summed E-state index contributed by atoms with van der Waals surface area (Å²) in [6, 6.07) is -0.000689. The fourth-order valence-corrected chi connectivity index (χ4v) is 3.16. The van der Waals surface area contributed by atoms with E-state index in [1.54, 1.807) is 25.7 Å². The van der Waals surface area contributed by atoms with E-state index in [0.29, 0.717) is 6.54 Å². The van der Waals surface area contributed by atoms with Crippen LogP contribution >= 0.6 is 11.8 Å². The van der Waals surface area contributed by atoms with Crippen molar-refractivity contribution >= 4 is 21.8 Å². The van der Waals surface area contributed by atoms with Crippen LogP contribution in [-0.2, 0) is 10.0 Å². The maximum atomic E-state index is 11.7. The predicted molar refractivity (Wildman–Crippen MR) is 67.9 cm³/mol. The molecule has 0 aromatic heterocycles. The summed E-state index contributed by atoms with van der Waals surface area (Å²) < 4.78 is 26.2. The van der Waals surface area contributed by atoms with Crippen molar-refractivity contribution in [1.29, 1.82) is 0 Å². The highest BCUT2D eigenvalue weighted by molar-refractivity contribution is 7.99. The van der Waals surface area contributed by atoms with Gasteiger partial charge in [-0.15, -0.1) is 0 Å². The first-order valence-electron chi connectivity index (χ1n) is 5.17. The molecule has 0 bridgehead atoms. The van der Waals surface area contributed by atoms with E-state index in [1.165, 1.54) is 0 Å². The van der Waals surface area contributed by atoms with Crippen LogP contribution < -0.4 is 10.0 Å². The molecule has 2 atom stereocenters. The molecule has 0 amide bonds. The van der Waals surface area contributed by atoms with Gasteiger partial charge in [0.25, 0.3) is 0 Å². The zero-order chi connectivity index (χ0) is 11.9. The summed E-state index contributed by atoms with van der Waals surface area (Å²) in [5, 5.41) is 2.47. The van der Waals surface area contributed by atoms with Crippen LogP contribution in [0.2, 0.25) is 0 Å². The standard InChI is InChI=1S/C9H22N2O2S2/c1-5-14-7-8(2)11-15(12,13)9(3)6-10-4/h8-11H,5-7H2,1-4H3. The number of nitrogens with one attached hydrogen (secondary N) is 2. The van der Waals surface area contributed by atoms with Crippen LogP contribution in [-0.4, -0.2) is 44.8 Å². The molecular weight excluding hydrogens is 232 g/mol. The Morgan fingerprint density at radius 3 is 2.40 bits per heavy atom. The summed E-state index contributed by atoms with van der Waals surface area (Å²) in [5.41, 5.74) is 0. The third-order valence-electron chi connectivity index (χ3n) is 1.96. The smallest absolute Gasteiger partial charge is 0.215 e. The van der Waals surface area contributed by atoms with E-state index in [9.17, 15) is 8.42 Å². The highest BCUT2D eigenvalue weighted by Gasteiger charge is 2.21. The monoisotopic (exact) mass is 254 g/mol. The van der Waals surface area contributed by atoms with Gasteiger partial charge in [-0.1, -0.05) is 6.92 Å². The molecule has 0 radical (unpaired) electrons. The molecule has 0 aliphatic heterocycles. The first kappa shape index (κ1) is 15.2. The van der Waals surface area contributed by atoms with Crippen molar-refractivity contribution in [1.82, 2.24) is 10.0 Å². The molecule has 2 N–H and O–H groups in total. The van der Waals surface area contributed by atoms with Gasteiger partial charge < -0.3 is 5.32 Å². The van der Waals surface area contributed by atoms with E-state index in [1.807, 2.05) is 6.92 Å². The van der Waals surface area contributed by atoms with Crippen LogP contribution in [0, 0.1) is 0 Å². The van der Waals surface area contributed by atoms with Crippen molar-refractivity contribution in [3.63, 3.8) is 0 Å². The van der Waals surface area contributed by atoms with Gasteiger partial charge in [0.15, 0.2) is 0 Å². The molecule has 0 rings (SSSR count). The average molecular weight is 254 g/mol. The van der Waals surface area contributed by atoms with Gasteiger partial charge in [0, 0.05) is 18.3 Å². The lowest BCUT2D eigenvalue weighted by molar-refractivity contribution is 0.554. The quantitative estimate of drug-likeness (QED) is 0.668. The number of rotatable bonds is 8. The largest absolute Gasteiger partial charge is 0.318 e. The third-order valence-corrected chi connectivity index (χ3v) is 5.06. The molecule has 92 valence electrons. The van der Waals surface area contributed by atoms with E-state index in [4.69, 9.17) is 0 Å². The topological polar surface area (TPSA) is 58.2 Å². The first-order valence-corrected chi connectivity index (χ1v) is 7.87. The SMILES string of the molecule is CCSCC(C)NS(=O)(=O)C(C)CNC. The van der Waals surface area contributed by atoms with Crippen LogP contribution in [0.3, 0.4) is 0 Å². The lowest BCUT2D eigenvalue weighted by Gasteiger charge is -2.17. The Balaban J connectivity index is 4.12. The van der Waals surface area contributed by atoms with E-state index < -0.39 is 15.3 Å². The van der Waals surface area contributed by atoms with Gasteiger partial charge in [-0.2, -0.15) is 11.8 Å². The molecule has 0 saturated heterocycles. The molecule has 15 heavy (non-hydrogen) atoms. The normalized spacial score (nSPS) is 16.3. The van der Waals surface area contributed by atoms with E-state index in [-0.39, 0.29) is 6.04 Å². The van der Waals surface area contributed by atoms with E-state index in [0.717, 1.165) is 11.5 Å². The summed E-state index contributed by atoms with van der Waals surface area (Å²) in [4.78, 5) is 0. The number of thioether (sulfide) groups is 1. The molecule has 0 spiro atoms. The maximum absolute atomic E-state index is 11.7. The number of hydrogen-bond donors (Lipinski definition) is 2. The Kier molecular flexibility index (Phi) is 7.60. The second-order valence-electron chi connectivity index (χ2n) is 3.59.